The molecule has 0 fully saturated rings. The minimum atomic E-state index is -0.0247. The van der Waals surface area contributed by atoms with Gasteiger partial charge in [-0.1, -0.05) is 38.5 Å². The lowest BCUT2D eigenvalue weighted by molar-refractivity contribution is 0.0761. The highest BCUT2D eigenvalue weighted by Crippen LogP contribution is 2.32. The van der Waals surface area contributed by atoms with Crippen LogP contribution in [0.5, 0.6) is 5.75 Å². The highest BCUT2D eigenvalue weighted by Gasteiger charge is 2.26. The van der Waals surface area contributed by atoms with Crippen molar-refractivity contribution in [3.8, 4) is 5.75 Å². The van der Waals surface area contributed by atoms with Crippen molar-refractivity contribution in [3.63, 3.8) is 0 Å². The second kappa shape index (κ2) is 5.80. The molecule has 4 nitrogen and oxygen atoms in total. The van der Waals surface area contributed by atoms with E-state index in [1.54, 1.807) is 18.2 Å². The number of rotatable bonds is 2. The predicted molar refractivity (Wildman–Crippen MR) is 85.5 cm³/mol. The lowest BCUT2D eigenvalue weighted by Gasteiger charge is -2.32. The van der Waals surface area contributed by atoms with Crippen molar-refractivity contribution >= 4 is 11.6 Å². The van der Waals surface area contributed by atoms with Gasteiger partial charge in [-0.05, 0) is 24.0 Å². The Labute approximate surface area is 126 Å². The Bertz CT molecular complexity index is 571. The summed E-state index contributed by atoms with van der Waals surface area (Å²) in [5, 5.41) is 0. The van der Waals surface area contributed by atoms with E-state index in [1.165, 1.54) is 12.7 Å². The number of para-hydroxylation sites is 1. The molecule has 0 spiro atoms. The van der Waals surface area contributed by atoms with Gasteiger partial charge in [0.25, 0.3) is 5.91 Å². The van der Waals surface area contributed by atoms with Crippen molar-refractivity contribution in [2.24, 2.45) is 5.41 Å². The number of methoxy groups -OCH3 is 1. The first-order chi connectivity index (χ1) is 9.84. The van der Waals surface area contributed by atoms with E-state index in [0.717, 1.165) is 13.0 Å². The molecule has 0 unspecified atom stereocenters. The van der Waals surface area contributed by atoms with Crippen LogP contribution in [0.2, 0.25) is 0 Å². The molecular weight excluding hydrogens is 264 g/mol. The van der Waals surface area contributed by atoms with Gasteiger partial charge in [-0.15, -0.1) is 0 Å². The maximum Gasteiger partial charge on any atom is 0.257 e. The van der Waals surface area contributed by atoms with Crippen LogP contribution in [0.3, 0.4) is 0 Å². The molecule has 0 aliphatic carbocycles. The molecule has 0 bridgehead atoms. The van der Waals surface area contributed by atoms with Crippen molar-refractivity contribution in [3.05, 3.63) is 35.4 Å². The summed E-state index contributed by atoms with van der Waals surface area (Å²) in [5.74, 6) is 0.441. The molecule has 0 radical (unpaired) electrons. The van der Waals surface area contributed by atoms with Crippen LogP contribution in [0.15, 0.2) is 29.8 Å². The van der Waals surface area contributed by atoms with Gasteiger partial charge in [0, 0.05) is 13.1 Å². The van der Waals surface area contributed by atoms with E-state index in [2.05, 4.69) is 26.8 Å². The molecule has 1 aromatic carbocycles. The topological polar surface area (TPSA) is 55.6 Å². The van der Waals surface area contributed by atoms with Crippen molar-refractivity contribution in [2.45, 2.75) is 27.2 Å². The predicted octanol–water partition coefficient (Wildman–Crippen LogP) is 3.10. The van der Waals surface area contributed by atoms with Gasteiger partial charge in [0.1, 0.15) is 0 Å². The first-order valence-corrected chi connectivity index (χ1v) is 7.26. The van der Waals surface area contributed by atoms with Crippen LogP contribution in [0.25, 0.3) is 0 Å². The zero-order valence-corrected chi connectivity index (χ0v) is 13.3. The fourth-order valence-corrected chi connectivity index (χ4v) is 2.66. The molecule has 1 heterocycles. The Morgan fingerprint density at radius 3 is 2.57 bits per heavy atom. The van der Waals surface area contributed by atoms with E-state index in [4.69, 9.17) is 10.5 Å². The molecule has 114 valence electrons. The molecule has 0 atom stereocenters. The fourth-order valence-electron chi connectivity index (χ4n) is 2.66. The second-order valence-corrected chi connectivity index (χ2v) is 6.41. The van der Waals surface area contributed by atoms with Gasteiger partial charge in [-0.3, -0.25) is 4.79 Å². The normalized spacial score (nSPS) is 15.6. The van der Waals surface area contributed by atoms with Crippen molar-refractivity contribution in [1.82, 2.24) is 4.90 Å². The highest BCUT2D eigenvalue weighted by molar-refractivity contribution is 5.98. The number of hydrogen-bond donors (Lipinski definition) is 1. The molecule has 2 N–H and O–H groups in total. The third-order valence-electron chi connectivity index (χ3n) is 3.94. The summed E-state index contributed by atoms with van der Waals surface area (Å²) in [6, 6.07) is 5.29. The fraction of sp³-hybridized carbons (Fsp3) is 0.471. The van der Waals surface area contributed by atoms with Crippen LogP contribution >= 0.6 is 0 Å². The number of anilines is 1. The number of carbonyl (C=O) groups is 1. The Morgan fingerprint density at radius 1 is 1.33 bits per heavy atom. The standard InChI is InChI=1S/C17H24N2O2/c1-17(2,3)12-8-10-19(11-9-12)16(20)13-6-5-7-14(18)15(13)21-4/h5-8H,9-11,18H2,1-4H3. The number of hydrogen-bond acceptors (Lipinski definition) is 3. The van der Waals surface area contributed by atoms with E-state index < -0.39 is 0 Å². The van der Waals surface area contributed by atoms with Gasteiger partial charge in [0.15, 0.2) is 5.75 Å². The summed E-state index contributed by atoms with van der Waals surface area (Å²) in [6.07, 6.45) is 3.08. The monoisotopic (exact) mass is 288 g/mol. The molecule has 21 heavy (non-hydrogen) atoms. The lowest BCUT2D eigenvalue weighted by atomic mass is 9.83. The average molecular weight is 288 g/mol. The SMILES string of the molecule is COc1c(N)cccc1C(=O)N1CC=C(C(C)(C)C)CC1. The maximum absolute atomic E-state index is 12.6. The zero-order valence-electron chi connectivity index (χ0n) is 13.3. The van der Waals surface area contributed by atoms with Gasteiger partial charge >= 0.3 is 0 Å². The number of ether oxygens (including phenoxy) is 1. The van der Waals surface area contributed by atoms with Gasteiger partial charge in [0.2, 0.25) is 0 Å². The third kappa shape index (κ3) is 3.20. The van der Waals surface area contributed by atoms with Crippen molar-refractivity contribution < 1.29 is 9.53 Å². The van der Waals surface area contributed by atoms with Gasteiger partial charge < -0.3 is 15.4 Å². The number of nitrogens with zero attached hydrogens (tertiary/aromatic N) is 1. The Morgan fingerprint density at radius 2 is 2.05 bits per heavy atom. The number of nitrogens with two attached hydrogens (primary N) is 1. The summed E-state index contributed by atoms with van der Waals surface area (Å²) >= 11 is 0. The van der Waals surface area contributed by atoms with Crippen LogP contribution < -0.4 is 10.5 Å². The largest absolute Gasteiger partial charge is 0.494 e. The quantitative estimate of drug-likeness (QED) is 0.672. The first kappa shape index (κ1) is 15.4. The number of amides is 1. The molecule has 4 heteroatoms. The maximum atomic E-state index is 12.6. The minimum Gasteiger partial charge on any atom is -0.494 e. The lowest BCUT2D eigenvalue weighted by Crippen LogP contribution is -2.36. The smallest absolute Gasteiger partial charge is 0.257 e. The Kier molecular flexibility index (Phi) is 4.26. The van der Waals surface area contributed by atoms with Crippen LogP contribution in [0.4, 0.5) is 5.69 Å². The second-order valence-electron chi connectivity index (χ2n) is 6.41. The van der Waals surface area contributed by atoms with Crippen molar-refractivity contribution in [1.29, 1.82) is 0 Å². The van der Waals surface area contributed by atoms with E-state index in [1.807, 2.05) is 4.90 Å². The molecule has 1 amide bonds. The van der Waals surface area contributed by atoms with Crippen LogP contribution in [0, 0.1) is 5.41 Å². The molecule has 1 aromatic rings. The molecule has 1 aliphatic heterocycles. The van der Waals surface area contributed by atoms with Gasteiger partial charge in [0.05, 0.1) is 18.4 Å². The van der Waals surface area contributed by atoms with Crippen LogP contribution in [-0.2, 0) is 0 Å². The van der Waals surface area contributed by atoms with Crippen LogP contribution in [0.1, 0.15) is 37.6 Å². The molecule has 0 saturated carbocycles. The summed E-state index contributed by atoms with van der Waals surface area (Å²) in [6.45, 7) is 8.00. The van der Waals surface area contributed by atoms with E-state index in [-0.39, 0.29) is 11.3 Å². The summed E-state index contributed by atoms with van der Waals surface area (Å²) < 4.78 is 5.28. The summed E-state index contributed by atoms with van der Waals surface area (Å²) in [5.41, 5.74) is 8.47. The molecular formula is C17H24N2O2. The zero-order chi connectivity index (χ0) is 15.6. The van der Waals surface area contributed by atoms with E-state index >= 15 is 0 Å². The molecule has 1 aliphatic rings. The van der Waals surface area contributed by atoms with Crippen molar-refractivity contribution in [2.75, 3.05) is 25.9 Å². The average Bonchev–Trinajstić information content (AvgIpc) is 2.45. The molecule has 0 saturated heterocycles. The van der Waals surface area contributed by atoms with Gasteiger partial charge in [-0.25, -0.2) is 0 Å². The summed E-state index contributed by atoms with van der Waals surface area (Å²) in [4.78, 5) is 14.5. The Balaban J connectivity index is 2.20. The number of nitrogen functional groups attached to an aromatic ring is 1. The number of carbonyl (C=O) groups excluding carboxylic acids is 1. The molecule has 0 aromatic heterocycles. The van der Waals surface area contributed by atoms with Crippen LogP contribution in [-0.4, -0.2) is 31.0 Å². The first-order valence-electron chi connectivity index (χ1n) is 7.26. The number of benzene rings is 1. The highest BCUT2D eigenvalue weighted by atomic mass is 16.5. The van der Waals surface area contributed by atoms with E-state index in [9.17, 15) is 4.79 Å². The summed E-state index contributed by atoms with van der Waals surface area (Å²) in [7, 11) is 1.54. The van der Waals surface area contributed by atoms with Gasteiger partial charge in [-0.2, -0.15) is 0 Å². The minimum absolute atomic E-state index is 0.0247. The van der Waals surface area contributed by atoms with E-state index in [0.29, 0.717) is 23.5 Å². The molecule has 2 rings (SSSR count). The Hall–Kier alpha value is -1.97. The third-order valence-corrected chi connectivity index (χ3v) is 3.94.